The van der Waals surface area contributed by atoms with Crippen LogP contribution in [0.3, 0.4) is 0 Å². The molecule has 24 heavy (non-hydrogen) atoms. The number of nitrogens with zero attached hydrogens (tertiary/aromatic N) is 2. The fraction of sp³-hybridized carbons (Fsp3) is 0.389. The average Bonchev–Trinajstić information content (AvgIpc) is 3.06. The number of hydrogen-bond donors (Lipinski definition) is 1. The Morgan fingerprint density at radius 2 is 2.29 bits per heavy atom. The average molecular weight is 327 g/mol. The first-order chi connectivity index (χ1) is 11.6. The van der Waals surface area contributed by atoms with Gasteiger partial charge >= 0.3 is 0 Å². The van der Waals surface area contributed by atoms with E-state index >= 15 is 0 Å². The van der Waals surface area contributed by atoms with E-state index < -0.39 is 0 Å². The van der Waals surface area contributed by atoms with Crippen LogP contribution in [-0.4, -0.2) is 34.8 Å². The Morgan fingerprint density at radius 1 is 1.42 bits per heavy atom. The Morgan fingerprint density at radius 3 is 3.00 bits per heavy atom. The Hall–Kier alpha value is -2.63. The van der Waals surface area contributed by atoms with Crippen molar-refractivity contribution in [2.24, 2.45) is 5.92 Å². The van der Waals surface area contributed by atoms with Crippen LogP contribution >= 0.6 is 0 Å². The van der Waals surface area contributed by atoms with Crippen LogP contribution in [0.4, 0.5) is 0 Å². The lowest BCUT2D eigenvalue weighted by Gasteiger charge is -2.32. The number of amides is 2. The number of rotatable bonds is 4. The van der Waals surface area contributed by atoms with Crippen LogP contribution in [0, 0.1) is 12.8 Å². The van der Waals surface area contributed by atoms with Gasteiger partial charge in [0.15, 0.2) is 0 Å². The third kappa shape index (κ3) is 3.64. The van der Waals surface area contributed by atoms with Crippen LogP contribution in [-0.2, 0) is 11.3 Å². The normalized spacial score (nSPS) is 17.5. The van der Waals surface area contributed by atoms with Crippen molar-refractivity contribution in [3.63, 3.8) is 0 Å². The number of piperidine rings is 1. The standard InChI is InChI=1S/C18H21N3O3/c1-13-16(6-9-24-13)18(23)21-8-3-5-15(12-21)17(22)20-11-14-4-2-7-19-10-14/h2,4,6-7,9-10,15H,3,5,8,11-12H2,1H3,(H,20,22)/t15-/m0/s1. The van der Waals surface area contributed by atoms with Crippen molar-refractivity contribution < 1.29 is 14.0 Å². The monoisotopic (exact) mass is 327 g/mol. The summed E-state index contributed by atoms with van der Waals surface area (Å²) in [5.74, 6) is 0.362. The summed E-state index contributed by atoms with van der Waals surface area (Å²) >= 11 is 0. The summed E-state index contributed by atoms with van der Waals surface area (Å²) < 4.78 is 5.21. The molecule has 0 bridgehead atoms. The van der Waals surface area contributed by atoms with Crippen LogP contribution in [0.15, 0.2) is 41.3 Å². The Kier molecular flexibility index (Phi) is 4.93. The molecule has 0 unspecified atom stereocenters. The van der Waals surface area contributed by atoms with Crippen LogP contribution in [0.25, 0.3) is 0 Å². The number of aromatic nitrogens is 1. The van der Waals surface area contributed by atoms with E-state index in [4.69, 9.17) is 4.42 Å². The van der Waals surface area contributed by atoms with Crippen molar-refractivity contribution in [1.82, 2.24) is 15.2 Å². The quantitative estimate of drug-likeness (QED) is 0.933. The molecule has 1 fully saturated rings. The zero-order valence-electron chi connectivity index (χ0n) is 13.7. The van der Waals surface area contributed by atoms with Crippen LogP contribution in [0.2, 0.25) is 0 Å². The van der Waals surface area contributed by atoms with Gasteiger partial charge in [0, 0.05) is 32.0 Å². The van der Waals surface area contributed by atoms with Crippen molar-refractivity contribution >= 4 is 11.8 Å². The first-order valence-electron chi connectivity index (χ1n) is 8.15. The van der Waals surface area contributed by atoms with E-state index in [1.165, 1.54) is 6.26 Å². The predicted octanol–water partition coefficient (Wildman–Crippen LogP) is 2.15. The second-order valence-corrected chi connectivity index (χ2v) is 6.06. The van der Waals surface area contributed by atoms with Crippen molar-refractivity contribution in [3.05, 3.63) is 53.7 Å². The Labute approximate surface area is 140 Å². The summed E-state index contributed by atoms with van der Waals surface area (Å²) in [6.45, 7) is 3.35. The Balaban J connectivity index is 1.58. The SMILES string of the molecule is Cc1occc1C(=O)N1CCC[C@H](C(=O)NCc2cccnc2)C1. The molecule has 0 aromatic carbocycles. The number of pyridine rings is 1. The van der Waals surface area contributed by atoms with E-state index in [1.54, 1.807) is 30.3 Å². The number of nitrogens with one attached hydrogen (secondary N) is 1. The fourth-order valence-corrected chi connectivity index (χ4v) is 2.99. The van der Waals surface area contributed by atoms with Gasteiger partial charge < -0.3 is 14.6 Å². The number of likely N-dealkylation sites (tertiary alicyclic amines) is 1. The molecule has 1 aliphatic heterocycles. The summed E-state index contributed by atoms with van der Waals surface area (Å²) in [6, 6.07) is 5.45. The molecule has 3 rings (SSSR count). The summed E-state index contributed by atoms with van der Waals surface area (Å²) in [7, 11) is 0. The minimum absolute atomic E-state index is 0.0136. The molecular weight excluding hydrogens is 306 g/mol. The molecule has 1 aliphatic rings. The van der Waals surface area contributed by atoms with Crippen molar-refractivity contribution in [3.8, 4) is 0 Å². The van der Waals surface area contributed by atoms with E-state index in [0.717, 1.165) is 18.4 Å². The molecule has 3 heterocycles. The maximum atomic E-state index is 12.6. The van der Waals surface area contributed by atoms with Gasteiger partial charge in [-0.05, 0) is 37.5 Å². The molecule has 0 radical (unpaired) electrons. The third-order valence-corrected chi connectivity index (χ3v) is 4.36. The molecule has 1 N–H and O–H groups in total. The zero-order chi connectivity index (χ0) is 16.9. The van der Waals surface area contributed by atoms with Crippen molar-refractivity contribution in [2.75, 3.05) is 13.1 Å². The molecule has 6 nitrogen and oxygen atoms in total. The molecule has 0 saturated carbocycles. The van der Waals surface area contributed by atoms with Gasteiger partial charge in [-0.1, -0.05) is 6.07 Å². The number of carbonyl (C=O) groups is 2. The van der Waals surface area contributed by atoms with E-state index in [0.29, 0.717) is 31.0 Å². The maximum Gasteiger partial charge on any atom is 0.257 e. The number of hydrogen-bond acceptors (Lipinski definition) is 4. The second kappa shape index (κ2) is 7.29. The topological polar surface area (TPSA) is 75.4 Å². The number of furan rings is 1. The highest BCUT2D eigenvalue weighted by Crippen LogP contribution is 2.20. The smallest absolute Gasteiger partial charge is 0.257 e. The van der Waals surface area contributed by atoms with Crippen LogP contribution in [0.5, 0.6) is 0 Å². The molecule has 2 amide bonds. The summed E-state index contributed by atoms with van der Waals surface area (Å²) in [5.41, 5.74) is 1.54. The van der Waals surface area contributed by atoms with Gasteiger partial charge in [0.2, 0.25) is 5.91 Å². The molecule has 2 aromatic heterocycles. The van der Waals surface area contributed by atoms with Crippen molar-refractivity contribution in [1.29, 1.82) is 0 Å². The molecule has 2 aromatic rings. The minimum Gasteiger partial charge on any atom is -0.469 e. The highest BCUT2D eigenvalue weighted by Gasteiger charge is 2.29. The Bertz CT molecular complexity index is 711. The molecule has 1 saturated heterocycles. The van der Waals surface area contributed by atoms with Gasteiger partial charge in [-0.25, -0.2) is 0 Å². The molecular formula is C18H21N3O3. The highest BCUT2D eigenvalue weighted by atomic mass is 16.3. The minimum atomic E-state index is -0.174. The van der Waals surface area contributed by atoms with Gasteiger partial charge in [0.25, 0.3) is 5.91 Å². The van der Waals surface area contributed by atoms with Gasteiger partial charge in [0.05, 0.1) is 17.7 Å². The van der Waals surface area contributed by atoms with E-state index in [9.17, 15) is 9.59 Å². The summed E-state index contributed by atoms with van der Waals surface area (Å²) in [6.07, 6.45) is 6.58. The second-order valence-electron chi connectivity index (χ2n) is 6.06. The molecule has 0 spiro atoms. The summed E-state index contributed by atoms with van der Waals surface area (Å²) in [4.78, 5) is 30.7. The predicted molar refractivity (Wildman–Crippen MR) is 88.2 cm³/mol. The molecule has 1 atom stereocenters. The molecule has 126 valence electrons. The van der Waals surface area contributed by atoms with Gasteiger partial charge in [-0.15, -0.1) is 0 Å². The maximum absolute atomic E-state index is 12.6. The van der Waals surface area contributed by atoms with Crippen molar-refractivity contribution in [2.45, 2.75) is 26.3 Å². The zero-order valence-corrected chi connectivity index (χ0v) is 13.7. The molecule has 0 aliphatic carbocycles. The lowest BCUT2D eigenvalue weighted by Crippen LogP contribution is -2.45. The summed E-state index contributed by atoms with van der Waals surface area (Å²) in [5, 5.41) is 2.94. The number of carbonyl (C=O) groups excluding carboxylic acids is 2. The molecule has 6 heteroatoms. The van der Waals surface area contributed by atoms with E-state index in [2.05, 4.69) is 10.3 Å². The third-order valence-electron chi connectivity index (χ3n) is 4.36. The van der Waals surface area contributed by atoms with Gasteiger partial charge in [0.1, 0.15) is 5.76 Å². The van der Waals surface area contributed by atoms with Gasteiger partial charge in [-0.3, -0.25) is 14.6 Å². The van der Waals surface area contributed by atoms with Crippen LogP contribution < -0.4 is 5.32 Å². The lowest BCUT2D eigenvalue weighted by atomic mass is 9.96. The first kappa shape index (κ1) is 16.2. The highest BCUT2D eigenvalue weighted by molar-refractivity contribution is 5.95. The largest absolute Gasteiger partial charge is 0.469 e. The first-order valence-corrected chi connectivity index (χ1v) is 8.15. The fourth-order valence-electron chi connectivity index (χ4n) is 2.99. The lowest BCUT2D eigenvalue weighted by molar-refractivity contribution is -0.126. The van der Waals surface area contributed by atoms with Crippen LogP contribution in [0.1, 0.15) is 34.5 Å². The van der Waals surface area contributed by atoms with E-state index in [1.807, 2.05) is 12.1 Å². The van der Waals surface area contributed by atoms with E-state index in [-0.39, 0.29) is 17.7 Å². The number of aryl methyl sites for hydroxylation is 1. The van der Waals surface area contributed by atoms with Gasteiger partial charge in [-0.2, -0.15) is 0 Å².